The predicted molar refractivity (Wildman–Crippen MR) is 168 cm³/mol. The summed E-state index contributed by atoms with van der Waals surface area (Å²) >= 11 is 1.76. The van der Waals surface area contributed by atoms with Gasteiger partial charge in [-0.25, -0.2) is 24.9 Å². The predicted octanol–water partition coefficient (Wildman–Crippen LogP) is 8.85. The molecule has 0 atom stereocenters. The zero-order valence-electron chi connectivity index (χ0n) is 21.8. The van der Waals surface area contributed by atoms with E-state index in [4.69, 9.17) is 24.9 Å². The fourth-order valence-electron chi connectivity index (χ4n) is 5.15. The minimum atomic E-state index is 0.597. The standard InChI is InChI=1S/C35H21N5S/c1-3-11-22(12-4-1)33-38-34(23-13-5-2-6-14-23)40-35(39-33)26-21-29(36-27-17-9-7-15-24(26)27)28-19-20-31-32(37-28)25-16-8-10-18-30(25)41-31/h1-21H. The van der Waals surface area contributed by atoms with Gasteiger partial charge in [-0.15, -0.1) is 11.3 Å². The Labute approximate surface area is 239 Å². The van der Waals surface area contributed by atoms with Gasteiger partial charge in [0.15, 0.2) is 17.5 Å². The molecule has 0 saturated carbocycles. The molecule has 5 nitrogen and oxygen atoms in total. The maximum Gasteiger partial charge on any atom is 0.164 e. The van der Waals surface area contributed by atoms with Crippen LogP contribution in [0.4, 0.5) is 0 Å². The molecule has 0 aliphatic carbocycles. The first-order valence-corrected chi connectivity index (χ1v) is 14.2. The van der Waals surface area contributed by atoms with Gasteiger partial charge < -0.3 is 0 Å². The van der Waals surface area contributed by atoms with Gasteiger partial charge in [0.05, 0.1) is 27.1 Å². The number of pyridine rings is 2. The van der Waals surface area contributed by atoms with E-state index in [0.717, 1.165) is 54.6 Å². The number of fused-ring (bicyclic) bond motifs is 4. The van der Waals surface area contributed by atoms with Gasteiger partial charge in [0.2, 0.25) is 0 Å². The van der Waals surface area contributed by atoms with E-state index in [1.54, 1.807) is 11.3 Å². The van der Waals surface area contributed by atoms with Crippen LogP contribution in [0, 0.1) is 0 Å². The lowest BCUT2D eigenvalue weighted by molar-refractivity contribution is 1.08. The summed E-state index contributed by atoms with van der Waals surface area (Å²) in [6, 6.07) is 42.8. The van der Waals surface area contributed by atoms with Gasteiger partial charge in [0, 0.05) is 32.2 Å². The third kappa shape index (κ3) is 4.22. The number of rotatable bonds is 4. The van der Waals surface area contributed by atoms with E-state index in [1.165, 1.54) is 4.70 Å². The van der Waals surface area contributed by atoms with Gasteiger partial charge in [0.25, 0.3) is 0 Å². The number of benzene rings is 4. The van der Waals surface area contributed by atoms with Gasteiger partial charge in [-0.3, -0.25) is 0 Å². The van der Waals surface area contributed by atoms with E-state index in [-0.39, 0.29) is 0 Å². The Hall–Kier alpha value is -5.33. The van der Waals surface area contributed by atoms with Crippen LogP contribution in [0.5, 0.6) is 0 Å². The van der Waals surface area contributed by atoms with Gasteiger partial charge in [0.1, 0.15) is 0 Å². The van der Waals surface area contributed by atoms with Crippen LogP contribution in [-0.2, 0) is 0 Å². The number of hydrogen-bond acceptors (Lipinski definition) is 6. The molecule has 41 heavy (non-hydrogen) atoms. The first kappa shape index (κ1) is 23.5. The second-order valence-electron chi connectivity index (χ2n) is 9.75. The highest BCUT2D eigenvalue weighted by molar-refractivity contribution is 7.25. The highest BCUT2D eigenvalue weighted by Gasteiger charge is 2.17. The highest BCUT2D eigenvalue weighted by Crippen LogP contribution is 2.36. The average Bonchev–Trinajstić information content (AvgIpc) is 3.43. The van der Waals surface area contributed by atoms with E-state index in [2.05, 4.69) is 48.5 Å². The number of nitrogens with zero attached hydrogens (tertiary/aromatic N) is 5. The van der Waals surface area contributed by atoms with Crippen molar-refractivity contribution in [1.29, 1.82) is 0 Å². The van der Waals surface area contributed by atoms with E-state index >= 15 is 0 Å². The molecule has 4 aromatic heterocycles. The molecule has 0 aliphatic rings. The van der Waals surface area contributed by atoms with Crippen molar-refractivity contribution in [2.24, 2.45) is 0 Å². The Bertz CT molecular complexity index is 2150. The van der Waals surface area contributed by atoms with E-state index in [9.17, 15) is 0 Å². The molecular weight excluding hydrogens is 522 g/mol. The van der Waals surface area contributed by atoms with Crippen LogP contribution in [0.15, 0.2) is 127 Å². The highest BCUT2D eigenvalue weighted by atomic mass is 32.1. The smallest absolute Gasteiger partial charge is 0.164 e. The molecule has 192 valence electrons. The summed E-state index contributed by atoms with van der Waals surface area (Å²) in [4.78, 5) is 25.0. The van der Waals surface area contributed by atoms with Crippen molar-refractivity contribution in [3.05, 3.63) is 127 Å². The van der Waals surface area contributed by atoms with Crippen molar-refractivity contribution < 1.29 is 0 Å². The van der Waals surface area contributed by atoms with Crippen LogP contribution in [-0.4, -0.2) is 24.9 Å². The second kappa shape index (κ2) is 9.70. The minimum Gasteiger partial charge on any atom is -0.246 e. The largest absolute Gasteiger partial charge is 0.246 e. The molecule has 6 heteroatoms. The fourth-order valence-corrected chi connectivity index (χ4v) is 6.20. The van der Waals surface area contributed by atoms with E-state index in [1.807, 2.05) is 78.9 Å². The molecule has 0 amide bonds. The summed E-state index contributed by atoms with van der Waals surface area (Å²) in [5, 5.41) is 2.13. The first-order valence-electron chi connectivity index (χ1n) is 13.4. The molecule has 0 fully saturated rings. The van der Waals surface area contributed by atoms with Crippen molar-refractivity contribution >= 4 is 42.5 Å². The maximum atomic E-state index is 5.10. The molecule has 0 aliphatic heterocycles. The molecule has 4 aromatic carbocycles. The Morgan fingerprint density at radius 1 is 0.415 bits per heavy atom. The quantitative estimate of drug-likeness (QED) is 0.222. The van der Waals surface area contributed by atoms with Crippen LogP contribution in [0.3, 0.4) is 0 Å². The number of thiophene rings is 1. The van der Waals surface area contributed by atoms with Crippen molar-refractivity contribution in [3.8, 4) is 45.6 Å². The van der Waals surface area contributed by atoms with Gasteiger partial charge in [-0.05, 0) is 30.3 Å². The lowest BCUT2D eigenvalue weighted by Gasteiger charge is -2.12. The number of aromatic nitrogens is 5. The zero-order valence-corrected chi connectivity index (χ0v) is 22.6. The van der Waals surface area contributed by atoms with Crippen LogP contribution >= 0.6 is 11.3 Å². The lowest BCUT2D eigenvalue weighted by Crippen LogP contribution is -2.01. The van der Waals surface area contributed by atoms with Crippen LogP contribution < -0.4 is 0 Å². The molecule has 0 radical (unpaired) electrons. The lowest BCUT2D eigenvalue weighted by atomic mass is 10.0. The summed E-state index contributed by atoms with van der Waals surface area (Å²) in [7, 11) is 0. The third-order valence-electron chi connectivity index (χ3n) is 7.14. The van der Waals surface area contributed by atoms with Gasteiger partial charge >= 0.3 is 0 Å². The number of hydrogen-bond donors (Lipinski definition) is 0. The Morgan fingerprint density at radius 2 is 1.02 bits per heavy atom. The Morgan fingerprint density at radius 3 is 1.76 bits per heavy atom. The summed E-state index contributed by atoms with van der Waals surface area (Å²) in [5.74, 6) is 1.85. The molecule has 0 unspecified atom stereocenters. The van der Waals surface area contributed by atoms with Gasteiger partial charge in [-0.2, -0.15) is 0 Å². The van der Waals surface area contributed by atoms with Crippen LogP contribution in [0.1, 0.15) is 0 Å². The summed E-state index contributed by atoms with van der Waals surface area (Å²) in [6.07, 6.45) is 0. The van der Waals surface area contributed by atoms with Crippen molar-refractivity contribution in [3.63, 3.8) is 0 Å². The van der Waals surface area contributed by atoms with Crippen molar-refractivity contribution in [2.75, 3.05) is 0 Å². The topological polar surface area (TPSA) is 64.5 Å². The Balaban J connectivity index is 1.37. The van der Waals surface area contributed by atoms with E-state index < -0.39 is 0 Å². The molecule has 0 N–H and O–H groups in total. The molecular formula is C35H21N5S. The maximum absolute atomic E-state index is 5.10. The third-order valence-corrected chi connectivity index (χ3v) is 8.26. The summed E-state index contributed by atoms with van der Waals surface area (Å²) in [6.45, 7) is 0. The molecule has 0 saturated heterocycles. The van der Waals surface area contributed by atoms with Crippen molar-refractivity contribution in [1.82, 2.24) is 24.9 Å². The summed E-state index contributed by atoms with van der Waals surface area (Å²) in [5.41, 5.74) is 6.20. The second-order valence-corrected chi connectivity index (χ2v) is 10.8. The molecule has 8 rings (SSSR count). The SMILES string of the molecule is c1ccc(-c2nc(-c3ccccc3)nc(-c3cc(-c4ccc5sc6ccccc6c5n4)nc4ccccc34)n2)cc1. The van der Waals surface area contributed by atoms with Crippen LogP contribution in [0.2, 0.25) is 0 Å². The van der Waals surface area contributed by atoms with Crippen molar-refractivity contribution in [2.45, 2.75) is 0 Å². The van der Waals surface area contributed by atoms with E-state index in [0.29, 0.717) is 17.5 Å². The normalized spacial score (nSPS) is 11.4. The minimum absolute atomic E-state index is 0.597. The molecule has 4 heterocycles. The van der Waals surface area contributed by atoms with Gasteiger partial charge in [-0.1, -0.05) is 97.1 Å². The fraction of sp³-hybridized carbons (Fsp3) is 0. The molecule has 0 bridgehead atoms. The number of para-hydroxylation sites is 1. The first-order chi connectivity index (χ1) is 20.3. The Kier molecular flexibility index (Phi) is 5.57. The molecule has 8 aromatic rings. The average molecular weight is 544 g/mol. The zero-order chi connectivity index (χ0) is 27.2. The van der Waals surface area contributed by atoms with Crippen LogP contribution in [0.25, 0.3) is 76.8 Å². The molecule has 0 spiro atoms. The summed E-state index contributed by atoms with van der Waals surface area (Å²) < 4.78 is 2.39. The monoisotopic (exact) mass is 543 g/mol.